The summed E-state index contributed by atoms with van der Waals surface area (Å²) in [4.78, 5) is 14.3. The van der Waals surface area contributed by atoms with Crippen LogP contribution < -0.4 is 15.5 Å². The third kappa shape index (κ3) is 4.32. The van der Waals surface area contributed by atoms with Crippen molar-refractivity contribution in [2.24, 2.45) is 0 Å². The average Bonchev–Trinajstić information content (AvgIpc) is 3.25. The molecule has 38 heavy (non-hydrogen) atoms. The third-order valence-corrected chi connectivity index (χ3v) is 7.41. The lowest BCUT2D eigenvalue weighted by Gasteiger charge is -2.37. The van der Waals surface area contributed by atoms with Crippen LogP contribution in [0.5, 0.6) is 0 Å². The minimum absolute atomic E-state index is 0.353. The van der Waals surface area contributed by atoms with Crippen LogP contribution in [0.15, 0.2) is 72.8 Å². The number of nitrogens with two attached hydrogens (primary N) is 1. The predicted octanol–water partition coefficient (Wildman–Crippen LogP) is 5.21. The smallest absolute Gasteiger partial charge is 0.228 e. The molecular weight excluding hydrogens is 477 g/mol. The highest BCUT2D eigenvalue weighted by molar-refractivity contribution is 5.99. The normalized spacial score (nSPS) is 13.9. The van der Waals surface area contributed by atoms with Crippen LogP contribution >= 0.6 is 0 Å². The van der Waals surface area contributed by atoms with Crippen molar-refractivity contribution < 1.29 is 4.39 Å². The van der Waals surface area contributed by atoms with Crippen LogP contribution in [0.2, 0.25) is 0 Å². The Balaban J connectivity index is 1.38. The van der Waals surface area contributed by atoms with Crippen molar-refractivity contribution in [2.45, 2.75) is 20.4 Å². The van der Waals surface area contributed by atoms with Crippen LogP contribution in [0.3, 0.4) is 0 Å². The van der Waals surface area contributed by atoms with Gasteiger partial charge in [-0.15, -0.1) is 5.10 Å². The maximum Gasteiger partial charge on any atom is 0.228 e. The molecule has 3 aromatic carbocycles. The molecule has 2 aromatic heterocycles. The number of benzene rings is 3. The third-order valence-electron chi connectivity index (χ3n) is 7.41. The van der Waals surface area contributed by atoms with E-state index >= 15 is 4.39 Å². The molecule has 0 unspecified atom stereocenters. The van der Waals surface area contributed by atoms with Crippen molar-refractivity contribution in [2.75, 3.05) is 41.7 Å². The quantitative estimate of drug-likeness (QED) is 0.352. The van der Waals surface area contributed by atoms with E-state index in [4.69, 9.17) is 20.8 Å². The van der Waals surface area contributed by atoms with Gasteiger partial charge in [-0.3, -0.25) is 0 Å². The second kappa shape index (κ2) is 9.78. The van der Waals surface area contributed by atoms with Crippen LogP contribution in [-0.4, -0.2) is 45.9 Å². The molecule has 1 saturated heterocycles. The van der Waals surface area contributed by atoms with Crippen molar-refractivity contribution >= 4 is 28.5 Å². The first-order valence-electron chi connectivity index (χ1n) is 12.9. The van der Waals surface area contributed by atoms with E-state index in [1.54, 1.807) is 22.9 Å². The van der Waals surface area contributed by atoms with Gasteiger partial charge in [-0.1, -0.05) is 54.6 Å². The zero-order chi connectivity index (χ0) is 26.2. The van der Waals surface area contributed by atoms with Crippen molar-refractivity contribution in [3.63, 3.8) is 0 Å². The van der Waals surface area contributed by atoms with Crippen LogP contribution in [0.4, 0.5) is 21.8 Å². The highest BCUT2D eigenvalue weighted by Gasteiger charge is 2.25. The number of piperazine rings is 1. The number of fused-ring (bicyclic) bond motifs is 1. The summed E-state index contributed by atoms with van der Waals surface area (Å²) in [5.74, 6) is 0.613. The fraction of sp³-hybridized carbons (Fsp3) is 0.233. The highest BCUT2D eigenvalue weighted by atomic mass is 19.1. The average molecular weight is 508 g/mol. The Morgan fingerprint density at radius 3 is 2.29 bits per heavy atom. The first kappa shape index (κ1) is 23.9. The van der Waals surface area contributed by atoms with E-state index in [0.717, 1.165) is 31.7 Å². The van der Waals surface area contributed by atoms with Crippen LogP contribution in [0.25, 0.3) is 22.3 Å². The van der Waals surface area contributed by atoms with Gasteiger partial charge in [0.05, 0.1) is 17.6 Å². The summed E-state index contributed by atoms with van der Waals surface area (Å²) in [6.45, 7) is 7.97. The van der Waals surface area contributed by atoms with Crippen LogP contribution in [-0.2, 0) is 6.54 Å². The summed E-state index contributed by atoms with van der Waals surface area (Å²) < 4.78 is 16.7. The zero-order valence-corrected chi connectivity index (χ0v) is 21.6. The molecule has 0 spiro atoms. The summed E-state index contributed by atoms with van der Waals surface area (Å²) in [5, 5.41) is 5.32. The number of rotatable bonds is 5. The molecule has 1 aliphatic heterocycles. The second-order valence-corrected chi connectivity index (χ2v) is 9.77. The lowest BCUT2D eigenvalue weighted by molar-refractivity contribution is 0.629. The van der Waals surface area contributed by atoms with E-state index in [2.05, 4.69) is 41.8 Å². The molecular formula is C30H30FN7. The van der Waals surface area contributed by atoms with Crippen LogP contribution in [0.1, 0.15) is 16.7 Å². The van der Waals surface area contributed by atoms with E-state index in [1.165, 1.54) is 22.9 Å². The van der Waals surface area contributed by atoms with Gasteiger partial charge in [0.1, 0.15) is 11.6 Å². The van der Waals surface area contributed by atoms with Gasteiger partial charge >= 0.3 is 0 Å². The molecule has 6 rings (SSSR count). The molecule has 0 radical (unpaired) electrons. The number of hydrogen-bond acceptors (Lipinski definition) is 6. The number of hydrogen-bond donors (Lipinski definition) is 1. The number of halogens is 1. The van der Waals surface area contributed by atoms with E-state index in [9.17, 15) is 0 Å². The molecule has 0 saturated carbocycles. The fourth-order valence-electron chi connectivity index (χ4n) is 5.13. The summed E-state index contributed by atoms with van der Waals surface area (Å²) in [5.41, 5.74) is 12.8. The number of nitrogens with zero attached hydrogens (tertiary/aromatic N) is 6. The lowest BCUT2D eigenvalue weighted by Crippen LogP contribution is -2.47. The molecule has 0 atom stereocenters. The maximum absolute atomic E-state index is 15.0. The van der Waals surface area contributed by atoms with Gasteiger partial charge in [-0.2, -0.15) is 4.98 Å². The first-order chi connectivity index (χ1) is 18.5. The van der Waals surface area contributed by atoms with Crippen LogP contribution in [0, 0.1) is 19.7 Å². The van der Waals surface area contributed by atoms with E-state index in [1.807, 2.05) is 30.3 Å². The molecule has 1 fully saturated rings. The second-order valence-electron chi connectivity index (χ2n) is 9.77. The van der Waals surface area contributed by atoms with E-state index in [0.29, 0.717) is 40.6 Å². The minimum Gasteiger partial charge on any atom is -0.383 e. The molecule has 0 amide bonds. The standard InChI is InChI=1S/C30H30FN7/c1-20-9-8-14-25(21(20)2)36-15-17-37(18-16-36)30-33-27(23-12-6-7-13-24(23)31)26-28(32)38(35-29(26)34-30)19-22-10-4-3-5-11-22/h3-14H,15-19,32H2,1-2H3. The summed E-state index contributed by atoms with van der Waals surface area (Å²) in [6.07, 6.45) is 0. The molecule has 192 valence electrons. The highest BCUT2D eigenvalue weighted by Crippen LogP contribution is 2.34. The van der Waals surface area contributed by atoms with Crippen molar-refractivity contribution in [3.8, 4) is 11.3 Å². The van der Waals surface area contributed by atoms with Gasteiger partial charge in [-0.25, -0.2) is 14.1 Å². The molecule has 8 heteroatoms. The molecule has 2 N–H and O–H groups in total. The molecule has 0 aliphatic carbocycles. The number of nitrogen functional groups attached to an aromatic ring is 1. The topological polar surface area (TPSA) is 76.1 Å². The Morgan fingerprint density at radius 1 is 0.816 bits per heavy atom. The van der Waals surface area contributed by atoms with Crippen molar-refractivity contribution in [3.05, 3.63) is 95.3 Å². The van der Waals surface area contributed by atoms with Gasteiger partial charge in [0.15, 0.2) is 5.65 Å². The van der Waals surface area contributed by atoms with Gasteiger partial charge in [0, 0.05) is 37.4 Å². The van der Waals surface area contributed by atoms with E-state index < -0.39 is 0 Å². The number of aromatic nitrogens is 4. The van der Waals surface area contributed by atoms with Crippen molar-refractivity contribution in [1.29, 1.82) is 0 Å². The Bertz CT molecular complexity index is 1600. The maximum atomic E-state index is 15.0. The predicted molar refractivity (Wildman–Crippen MR) is 151 cm³/mol. The SMILES string of the molecule is Cc1cccc(N2CCN(c3nc(-c4ccccc4F)c4c(N)n(Cc5ccccc5)nc4n3)CC2)c1C. The summed E-state index contributed by atoms with van der Waals surface area (Å²) in [7, 11) is 0. The van der Waals surface area contributed by atoms with Gasteiger partial charge in [0.25, 0.3) is 0 Å². The molecule has 7 nitrogen and oxygen atoms in total. The lowest BCUT2D eigenvalue weighted by atomic mass is 10.1. The van der Waals surface area contributed by atoms with Crippen molar-refractivity contribution in [1.82, 2.24) is 19.7 Å². The Hall–Kier alpha value is -4.46. The summed E-state index contributed by atoms with van der Waals surface area (Å²) in [6, 6.07) is 23.1. The largest absolute Gasteiger partial charge is 0.383 e. The van der Waals surface area contributed by atoms with E-state index in [-0.39, 0.29) is 5.82 Å². The van der Waals surface area contributed by atoms with Gasteiger partial charge in [0.2, 0.25) is 5.95 Å². The molecule has 3 heterocycles. The minimum atomic E-state index is -0.353. The number of aryl methyl sites for hydroxylation is 1. The van der Waals surface area contributed by atoms with Gasteiger partial charge < -0.3 is 15.5 Å². The molecule has 5 aromatic rings. The Morgan fingerprint density at radius 2 is 1.53 bits per heavy atom. The monoisotopic (exact) mass is 507 g/mol. The fourth-order valence-corrected chi connectivity index (χ4v) is 5.13. The first-order valence-corrected chi connectivity index (χ1v) is 12.9. The molecule has 1 aliphatic rings. The zero-order valence-electron chi connectivity index (χ0n) is 21.6. The number of anilines is 3. The summed E-state index contributed by atoms with van der Waals surface area (Å²) >= 11 is 0. The molecule has 0 bridgehead atoms. The Labute approximate surface area is 221 Å². The van der Waals surface area contributed by atoms with Gasteiger partial charge in [-0.05, 0) is 48.7 Å². The Kier molecular flexibility index (Phi) is 6.15.